The summed E-state index contributed by atoms with van der Waals surface area (Å²) in [6.07, 6.45) is 3.55. The summed E-state index contributed by atoms with van der Waals surface area (Å²) in [5.41, 5.74) is 6.21. The molecule has 6 nitrogen and oxygen atoms in total. The number of nitrogens with one attached hydrogen (secondary N) is 1. The summed E-state index contributed by atoms with van der Waals surface area (Å²) < 4.78 is 5.24. The van der Waals surface area contributed by atoms with Crippen LogP contribution in [0.15, 0.2) is 4.52 Å². The molecular formula is C12H18N4O2. The first-order valence-corrected chi connectivity index (χ1v) is 6.58. The van der Waals surface area contributed by atoms with Gasteiger partial charge in [0.15, 0.2) is 0 Å². The van der Waals surface area contributed by atoms with Gasteiger partial charge in [0, 0.05) is 12.6 Å². The third kappa shape index (κ3) is 1.71. The maximum atomic E-state index is 11.6. The summed E-state index contributed by atoms with van der Waals surface area (Å²) in [6, 6.07) is 0.103. The number of nitrogens with two attached hydrogens (primary N) is 1. The molecular weight excluding hydrogens is 232 g/mol. The SMILES string of the molecule is CCNC(=O)c1noc(C2C3CCC(C3)C2N)n1. The van der Waals surface area contributed by atoms with E-state index in [9.17, 15) is 4.79 Å². The summed E-state index contributed by atoms with van der Waals surface area (Å²) in [6.45, 7) is 2.40. The third-order valence-corrected chi connectivity index (χ3v) is 4.25. The molecule has 1 aromatic rings. The molecule has 2 bridgehead atoms. The van der Waals surface area contributed by atoms with Crippen LogP contribution in [0.3, 0.4) is 0 Å². The van der Waals surface area contributed by atoms with Crippen molar-refractivity contribution < 1.29 is 9.32 Å². The van der Waals surface area contributed by atoms with Gasteiger partial charge in [-0.3, -0.25) is 4.79 Å². The topological polar surface area (TPSA) is 94.0 Å². The highest BCUT2D eigenvalue weighted by Crippen LogP contribution is 2.51. The number of fused-ring (bicyclic) bond motifs is 2. The van der Waals surface area contributed by atoms with Gasteiger partial charge in [-0.2, -0.15) is 4.98 Å². The first kappa shape index (κ1) is 11.6. The van der Waals surface area contributed by atoms with E-state index in [0.717, 1.165) is 6.42 Å². The van der Waals surface area contributed by atoms with Gasteiger partial charge in [0.1, 0.15) is 0 Å². The second-order valence-corrected chi connectivity index (χ2v) is 5.25. The van der Waals surface area contributed by atoms with Crippen molar-refractivity contribution in [3.05, 3.63) is 11.7 Å². The van der Waals surface area contributed by atoms with E-state index >= 15 is 0 Å². The van der Waals surface area contributed by atoms with Crippen LogP contribution in [0.2, 0.25) is 0 Å². The maximum absolute atomic E-state index is 11.6. The molecule has 0 saturated heterocycles. The first-order chi connectivity index (χ1) is 8.70. The van der Waals surface area contributed by atoms with Gasteiger partial charge in [0.05, 0.1) is 5.92 Å². The van der Waals surface area contributed by atoms with Gasteiger partial charge in [-0.05, 0) is 38.0 Å². The molecule has 0 spiro atoms. The Labute approximate surface area is 105 Å². The molecule has 2 aliphatic rings. The van der Waals surface area contributed by atoms with Crippen molar-refractivity contribution in [2.45, 2.75) is 38.1 Å². The van der Waals surface area contributed by atoms with Crippen molar-refractivity contribution in [1.29, 1.82) is 0 Å². The molecule has 0 aromatic carbocycles. The van der Waals surface area contributed by atoms with E-state index in [1.165, 1.54) is 12.8 Å². The second-order valence-electron chi connectivity index (χ2n) is 5.25. The average Bonchev–Trinajstić information content (AvgIpc) is 3.02. The quantitative estimate of drug-likeness (QED) is 0.821. The highest BCUT2D eigenvalue weighted by Gasteiger charge is 2.49. The van der Waals surface area contributed by atoms with Crippen LogP contribution in [-0.4, -0.2) is 28.6 Å². The lowest BCUT2D eigenvalue weighted by molar-refractivity contribution is 0.0942. The van der Waals surface area contributed by atoms with Crippen molar-refractivity contribution in [2.75, 3.05) is 6.54 Å². The molecule has 98 valence electrons. The Morgan fingerprint density at radius 3 is 2.94 bits per heavy atom. The van der Waals surface area contributed by atoms with Crippen molar-refractivity contribution in [3.63, 3.8) is 0 Å². The summed E-state index contributed by atoms with van der Waals surface area (Å²) >= 11 is 0. The van der Waals surface area contributed by atoms with Crippen molar-refractivity contribution in [3.8, 4) is 0 Å². The first-order valence-electron chi connectivity index (χ1n) is 6.58. The minimum Gasteiger partial charge on any atom is -0.349 e. The molecule has 1 aromatic heterocycles. The number of carbonyl (C=O) groups is 1. The zero-order valence-corrected chi connectivity index (χ0v) is 10.4. The Morgan fingerprint density at radius 2 is 2.28 bits per heavy atom. The van der Waals surface area contributed by atoms with Crippen LogP contribution in [0.4, 0.5) is 0 Å². The summed E-state index contributed by atoms with van der Waals surface area (Å²) in [7, 11) is 0. The molecule has 4 unspecified atom stereocenters. The smallest absolute Gasteiger partial charge is 0.292 e. The van der Waals surface area contributed by atoms with Crippen molar-refractivity contribution >= 4 is 5.91 Å². The van der Waals surface area contributed by atoms with Gasteiger partial charge in [0.2, 0.25) is 5.89 Å². The molecule has 6 heteroatoms. The fourth-order valence-corrected chi connectivity index (χ4v) is 3.40. The van der Waals surface area contributed by atoms with Gasteiger partial charge in [-0.1, -0.05) is 5.16 Å². The van der Waals surface area contributed by atoms with Gasteiger partial charge in [-0.25, -0.2) is 0 Å². The van der Waals surface area contributed by atoms with E-state index in [0.29, 0.717) is 24.3 Å². The van der Waals surface area contributed by atoms with Crippen LogP contribution in [-0.2, 0) is 0 Å². The Kier molecular flexibility index (Phi) is 2.81. The Hall–Kier alpha value is -1.43. The van der Waals surface area contributed by atoms with E-state index in [1.807, 2.05) is 6.92 Å². The maximum Gasteiger partial charge on any atom is 0.292 e. The minimum atomic E-state index is -0.288. The number of aromatic nitrogens is 2. The number of hydrogen-bond acceptors (Lipinski definition) is 5. The lowest BCUT2D eigenvalue weighted by Gasteiger charge is -2.24. The molecule has 2 fully saturated rings. The van der Waals surface area contributed by atoms with Crippen LogP contribution in [0.5, 0.6) is 0 Å². The number of rotatable bonds is 3. The van der Waals surface area contributed by atoms with E-state index in [4.69, 9.17) is 10.3 Å². The van der Waals surface area contributed by atoms with Crippen LogP contribution in [0, 0.1) is 11.8 Å². The minimum absolute atomic E-state index is 0.103. The Bertz CT molecular complexity index is 457. The summed E-state index contributed by atoms with van der Waals surface area (Å²) in [5, 5.41) is 6.40. The highest BCUT2D eigenvalue weighted by molar-refractivity contribution is 5.90. The zero-order valence-electron chi connectivity index (χ0n) is 10.4. The van der Waals surface area contributed by atoms with Gasteiger partial charge in [-0.15, -0.1) is 0 Å². The summed E-state index contributed by atoms with van der Waals surface area (Å²) in [5.74, 6) is 1.63. The Balaban J connectivity index is 1.79. The normalized spacial score (nSPS) is 33.9. The van der Waals surface area contributed by atoms with Crippen LogP contribution >= 0.6 is 0 Å². The molecule has 0 aliphatic heterocycles. The molecule has 2 saturated carbocycles. The third-order valence-electron chi connectivity index (χ3n) is 4.25. The van der Waals surface area contributed by atoms with Gasteiger partial charge in [0.25, 0.3) is 11.7 Å². The molecule has 1 amide bonds. The number of hydrogen-bond donors (Lipinski definition) is 2. The average molecular weight is 250 g/mol. The lowest BCUT2D eigenvalue weighted by atomic mass is 9.85. The zero-order chi connectivity index (χ0) is 12.7. The van der Waals surface area contributed by atoms with Crippen LogP contribution in [0.25, 0.3) is 0 Å². The van der Waals surface area contributed by atoms with Gasteiger partial charge < -0.3 is 15.6 Å². The van der Waals surface area contributed by atoms with Crippen molar-refractivity contribution in [1.82, 2.24) is 15.5 Å². The Morgan fingerprint density at radius 1 is 1.50 bits per heavy atom. The predicted molar refractivity (Wildman–Crippen MR) is 63.9 cm³/mol. The van der Waals surface area contributed by atoms with E-state index in [-0.39, 0.29) is 23.7 Å². The molecule has 4 atom stereocenters. The molecule has 3 rings (SSSR count). The molecule has 3 N–H and O–H groups in total. The van der Waals surface area contributed by atoms with Crippen LogP contribution < -0.4 is 11.1 Å². The van der Waals surface area contributed by atoms with E-state index in [1.54, 1.807) is 0 Å². The van der Waals surface area contributed by atoms with E-state index in [2.05, 4.69) is 15.5 Å². The largest absolute Gasteiger partial charge is 0.349 e. The molecule has 18 heavy (non-hydrogen) atoms. The van der Waals surface area contributed by atoms with E-state index < -0.39 is 0 Å². The molecule has 1 heterocycles. The van der Waals surface area contributed by atoms with Crippen molar-refractivity contribution in [2.24, 2.45) is 17.6 Å². The number of nitrogens with zero attached hydrogens (tertiary/aromatic N) is 2. The molecule has 2 aliphatic carbocycles. The lowest BCUT2D eigenvalue weighted by Crippen LogP contribution is -2.34. The number of carbonyl (C=O) groups excluding carboxylic acids is 1. The fraction of sp³-hybridized carbons (Fsp3) is 0.750. The number of amides is 1. The standard InChI is InChI=1S/C12H18N4O2/c1-2-14-11(17)10-15-12(18-16-10)8-6-3-4-7(5-6)9(8)13/h6-9H,2-5,13H2,1H3,(H,14,17). The van der Waals surface area contributed by atoms with Gasteiger partial charge >= 0.3 is 0 Å². The fourth-order valence-electron chi connectivity index (χ4n) is 3.40. The van der Waals surface area contributed by atoms with Crippen LogP contribution in [0.1, 0.15) is 48.6 Å². The predicted octanol–water partition coefficient (Wildman–Crippen LogP) is 0.660. The highest BCUT2D eigenvalue weighted by atomic mass is 16.5. The summed E-state index contributed by atoms with van der Waals surface area (Å²) in [4.78, 5) is 15.8. The second kappa shape index (κ2) is 4.35. The molecule has 0 radical (unpaired) electrons. The monoisotopic (exact) mass is 250 g/mol.